The molecule has 7 nitrogen and oxygen atoms in total. The molecule has 0 aromatic carbocycles. The summed E-state index contributed by atoms with van der Waals surface area (Å²) >= 11 is 1.07. The van der Waals surface area contributed by atoms with Crippen LogP contribution in [0.3, 0.4) is 0 Å². The number of carboxylic acid groups (broad SMARTS) is 1. The molecule has 8 heteroatoms. The number of aliphatic hydroxyl groups is 1. The van der Waals surface area contributed by atoms with Crippen LogP contribution >= 0.6 is 11.3 Å². The first kappa shape index (κ1) is 15.4. The van der Waals surface area contributed by atoms with Gasteiger partial charge in [-0.05, 0) is 27.7 Å². The monoisotopic (exact) mass is 288 g/mol. The van der Waals surface area contributed by atoms with Crippen LogP contribution in [-0.2, 0) is 9.53 Å². The first-order valence-electron chi connectivity index (χ1n) is 5.48. The van der Waals surface area contributed by atoms with Crippen LogP contribution in [0, 0.1) is 6.92 Å². The van der Waals surface area contributed by atoms with E-state index in [4.69, 9.17) is 9.84 Å². The van der Waals surface area contributed by atoms with Crippen molar-refractivity contribution in [2.24, 2.45) is 0 Å². The zero-order valence-electron chi connectivity index (χ0n) is 11.1. The molecule has 0 fully saturated rings. The second-order valence-corrected chi connectivity index (χ2v) is 6.03. The summed E-state index contributed by atoms with van der Waals surface area (Å²) in [7, 11) is 0. The topological polar surface area (TPSA) is 109 Å². The Morgan fingerprint density at radius 1 is 1.42 bits per heavy atom. The van der Waals surface area contributed by atoms with Gasteiger partial charge in [0.2, 0.25) is 0 Å². The number of nitrogens with one attached hydrogen (secondary N) is 1. The minimum absolute atomic E-state index is 0.0172. The van der Waals surface area contributed by atoms with Crippen LogP contribution in [0.1, 0.15) is 37.4 Å². The van der Waals surface area contributed by atoms with Crippen molar-refractivity contribution in [2.75, 3.05) is 5.32 Å². The third-order valence-corrected chi connectivity index (χ3v) is 2.84. The van der Waals surface area contributed by atoms with Crippen molar-refractivity contribution in [1.29, 1.82) is 0 Å². The molecular formula is C11H16N2O5S. The third kappa shape index (κ3) is 4.49. The molecule has 0 saturated heterocycles. The van der Waals surface area contributed by atoms with E-state index in [2.05, 4.69) is 10.3 Å². The summed E-state index contributed by atoms with van der Waals surface area (Å²) in [5, 5.41) is 20.7. The average Bonchev–Trinajstić information content (AvgIpc) is 2.54. The number of hydrogen-bond acceptors (Lipinski definition) is 6. The van der Waals surface area contributed by atoms with Crippen molar-refractivity contribution in [3.8, 4) is 0 Å². The molecule has 3 N–H and O–H groups in total. The summed E-state index contributed by atoms with van der Waals surface area (Å²) in [6.07, 6.45) is -2.39. The van der Waals surface area contributed by atoms with E-state index >= 15 is 0 Å². The number of ether oxygens (including phenoxy) is 1. The first-order chi connectivity index (χ1) is 8.60. The number of aliphatic carboxylic acids is 1. The lowest BCUT2D eigenvalue weighted by molar-refractivity contribution is -0.147. The second-order valence-electron chi connectivity index (χ2n) is 4.83. The number of anilines is 1. The Hall–Kier alpha value is -1.67. The summed E-state index contributed by atoms with van der Waals surface area (Å²) in [4.78, 5) is 26.6. The molecule has 1 rings (SSSR count). The van der Waals surface area contributed by atoms with Gasteiger partial charge < -0.3 is 14.9 Å². The standard InChI is InChI=1S/C11H16N2O5S/c1-5-6(7(14)8(15)16)12-9(19-5)13-10(17)18-11(2,3)4/h7,14H,1-4H3,(H,15,16)(H,12,13,17). The predicted molar refractivity (Wildman–Crippen MR) is 69.3 cm³/mol. The number of rotatable bonds is 3. The van der Waals surface area contributed by atoms with Gasteiger partial charge >= 0.3 is 12.1 Å². The maximum Gasteiger partial charge on any atom is 0.413 e. The molecular weight excluding hydrogens is 272 g/mol. The number of carbonyl (C=O) groups is 2. The lowest BCUT2D eigenvalue weighted by Crippen LogP contribution is -2.27. The maximum atomic E-state index is 11.5. The Morgan fingerprint density at radius 2 is 2.00 bits per heavy atom. The van der Waals surface area contributed by atoms with Crippen LogP contribution < -0.4 is 5.32 Å². The number of aliphatic hydroxyl groups excluding tert-OH is 1. The molecule has 0 aliphatic rings. The molecule has 0 saturated carbocycles. The molecule has 106 valence electrons. The third-order valence-electron chi connectivity index (χ3n) is 1.93. The van der Waals surface area contributed by atoms with E-state index in [-0.39, 0.29) is 10.8 Å². The van der Waals surface area contributed by atoms with Crippen LogP contribution in [0.15, 0.2) is 0 Å². The van der Waals surface area contributed by atoms with E-state index in [9.17, 15) is 14.7 Å². The Morgan fingerprint density at radius 3 is 2.47 bits per heavy atom. The van der Waals surface area contributed by atoms with Crippen LogP contribution in [-0.4, -0.2) is 32.9 Å². The Kier molecular flexibility index (Phi) is 4.48. The van der Waals surface area contributed by atoms with E-state index in [1.807, 2.05) is 0 Å². The second kappa shape index (κ2) is 5.54. The predicted octanol–water partition coefficient (Wildman–Crippen LogP) is 1.92. The summed E-state index contributed by atoms with van der Waals surface area (Å²) in [6.45, 7) is 6.78. The fourth-order valence-corrected chi connectivity index (χ4v) is 2.05. The molecule has 0 radical (unpaired) electrons. The molecule has 1 unspecified atom stereocenters. The van der Waals surface area contributed by atoms with Gasteiger partial charge in [0.25, 0.3) is 0 Å². The quantitative estimate of drug-likeness (QED) is 0.784. The largest absolute Gasteiger partial charge is 0.479 e. The zero-order chi connectivity index (χ0) is 14.8. The first-order valence-corrected chi connectivity index (χ1v) is 6.30. The van der Waals surface area contributed by atoms with Gasteiger partial charge in [-0.3, -0.25) is 5.32 Å². The molecule has 0 spiro atoms. The smallest absolute Gasteiger partial charge is 0.413 e. The normalized spacial score (nSPS) is 12.9. The van der Waals surface area contributed by atoms with Crippen molar-refractivity contribution >= 4 is 28.5 Å². The van der Waals surface area contributed by atoms with Crippen molar-refractivity contribution in [1.82, 2.24) is 4.98 Å². The van der Waals surface area contributed by atoms with Gasteiger partial charge in [0.15, 0.2) is 11.2 Å². The van der Waals surface area contributed by atoms with Gasteiger partial charge in [-0.15, -0.1) is 11.3 Å². The molecule has 1 atom stereocenters. The number of aromatic nitrogens is 1. The molecule has 19 heavy (non-hydrogen) atoms. The van der Waals surface area contributed by atoms with Gasteiger partial charge in [-0.1, -0.05) is 0 Å². The molecule has 1 aromatic rings. The lowest BCUT2D eigenvalue weighted by atomic mass is 10.2. The van der Waals surface area contributed by atoms with Crippen LogP contribution in [0.4, 0.5) is 9.93 Å². The average molecular weight is 288 g/mol. The van der Waals surface area contributed by atoms with Crippen molar-refractivity contribution in [3.05, 3.63) is 10.6 Å². The molecule has 1 amide bonds. The fourth-order valence-electron chi connectivity index (χ4n) is 1.22. The summed E-state index contributed by atoms with van der Waals surface area (Å²) < 4.78 is 5.04. The van der Waals surface area contributed by atoms with Gasteiger partial charge in [0.1, 0.15) is 5.60 Å². The maximum absolute atomic E-state index is 11.5. The van der Waals surface area contributed by atoms with Gasteiger partial charge in [-0.25, -0.2) is 14.6 Å². The van der Waals surface area contributed by atoms with Gasteiger partial charge in [-0.2, -0.15) is 0 Å². The van der Waals surface area contributed by atoms with E-state index in [0.29, 0.717) is 4.88 Å². The van der Waals surface area contributed by atoms with Crippen LogP contribution in [0.2, 0.25) is 0 Å². The lowest BCUT2D eigenvalue weighted by Gasteiger charge is -2.18. The zero-order valence-corrected chi connectivity index (χ0v) is 11.9. The van der Waals surface area contributed by atoms with Crippen LogP contribution in [0.5, 0.6) is 0 Å². The highest BCUT2D eigenvalue weighted by molar-refractivity contribution is 7.15. The Bertz CT molecular complexity index is 492. The number of hydrogen-bond donors (Lipinski definition) is 3. The van der Waals surface area contributed by atoms with E-state index in [0.717, 1.165) is 11.3 Å². The molecule has 1 aromatic heterocycles. The number of thiazole rings is 1. The van der Waals surface area contributed by atoms with Crippen molar-refractivity contribution < 1.29 is 24.5 Å². The number of carboxylic acids is 1. The minimum atomic E-state index is -1.70. The summed E-state index contributed by atoms with van der Waals surface area (Å²) in [5.74, 6) is -1.39. The highest BCUT2D eigenvalue weighted by Gasteiger charge is 2.24. The molecule has 0 aliphatic heterocycles. The van der Waals surface area contributed by atoms with Crippen molar-refractivity contribution in [2.45, 2.75) is 39.4 Å². The van der Waals surface area contributed by atoms with E-state index in [1.165, 1.54) is 0 Å². The number of carbonyl (C=O) groups excluding carboxylic acids is 1. The fraction of sp³-hybridized carbons (Fsp3) is 0.545. The minimum Gasteiger partial charge on any atom is -0.479 e. The summed E-state index contributed by atoms with van der Waals surface area (Å²) in [6, 6.07) is 0. The van der Waals surface area contributed by atoms with E-state index < -0.39 is 23.8 Å². The molecule has 0 aliphatic carbocycles. The highest BCUT2D eigenvalue weighted by Crippen LogP contribution is 2.27. The van der Waals surface area contributed by atoms with Gasteiger partial charge in [0, 0.05) is 4.88 Å². The Labute approximate surface area is 114 Å². The number of nitrogens with zero attached hydrogens (tertiary/aromatic N) is 1. The SMILES string of the molecule is Cc1sc(NC(=O)OC(C)(C)C)nc1C(O)C(=O)O. The summed E-state index contributed by atoms with van der Waals surface area (Å²) in [5.41, 5.74) is -0.622. The van der Waals surface area contributed by atoms with Crippen LogP contribution in [0.25, 0.3) is 0 Å². The highest BCUT2D eigenvalue weighted by atomic mass is 32.1. The number of amides is 1. The Balaban J connectivity index is 2.79. The van der Waals surface area contributed by atoms with E-state index in [1.54, 1.807) is 27.7 Å². The molecule has 1 heterocycles. The van der Waals surface area contributed by atoms with Gasteiger partial charge in [0.05, 0.1) is 5.69 Å². The molecule has 0 bridgehead atoms. The number of aryl methyl sites for hydroxylation is 1. The van der Waals surface area contributed by atoms with Crippen molar-refractivity contribution in [3.63, 3.8) is 0 Å².